The molecule has 0 saturated carbocycles. The average Bonchev–Trinajstić information content (AvgIpc) is 3.03. The van der Waals surface area contributed by atoms with Crippen molar-refractivity contribution in [2.75, 3.05) is 17.4 Å². The van der Waals surface area contributed by atoms with E-state index in [1.165, 1.54) is 35.2 Å². The monoisotopic (exact) mass is 685 g/mol. The van der Waals surface area contributed by atoms with Crippen LogP contribution in [0.25, 0.3) is 0 Å². The normalized spacial score (nSPS) is 11.9. The summed E-state index contributed by atoms with van der Waals surface area (Å²) in [6, 6.07) is 26.0. The van der Waals surface area contributed by atoms with E-state index >= 15 is 0 Å². The maximum absolute atomic E-state index is 14.5. The van der Waals surface area contributed by atoms with Crippen LogP contribution in [0.3, 0.4) is 0 Å². The van der Waals surface area contributed by atoms with E-state index in [1.54, 1.807) is 36.4 Å². The van der Waals surface area contributed by atoms with E-state index in [0.717, 1.165) is 15.4 Å². The Balaban J connectivity index is 1.83. The van der Waals surface area contributed by atoms with E-state index in [4.69, 9.17) is 34.8 Å². The highest BCUT2D eigenvalue weighted by atomic mass is 35.5. The fourth-order valence-corrected chi connectivity index (χ4v) is 6.81. The largest absolute Gasteiger partial charge is 0.354 e. The molecule has 1 atom stereocenters. The molecule has 1 N–H and O–H groups in total. The molecule has 0 saturated heterocycles. The lowest BCUT2D eigenvalue weighted by Gasteiger charge is -2.34. The molecule has 0 aliphatic heterocycles. The van der Waals surface area contributed by atoms with E-state index in [-0.39, 0.29) is 39.5 Å². The Bertz CT molecular complexity index is 1740. The first-order valence-corrected chi connectivity index (χ1v) is 17.0. The molecule has 11 heteroatoms. The van der Waals surface area contributed by atoms with Gasteiger partial charge in [-0.15, -0.1) is 0 Å². The van der Waals surface area contributed by atoms with Gasteiger partial charge in [-0.1, -0.05) is 108 Å². The molecule has 0 aliphatic rings. The molecule has 45 heavy (non-hydrogen) atoms. The number of nitrogens with zero attached hydrogens (tertiary/aromatic N) is 2. The van der Waals surface area contributed by atoms with Gasteiger partial charge in [0, 0.05) is 29.6 Å². The van der Waals surface area contributed by atoms with Gasteiger partial charge in [0.15, 0.2) is 0 Å². The molecular formula is C34H34Cl3N3O4S. The second-order valence-electron chi connectivity index (χ2n) is 10.5. The number of benzene rings is 4. The van der Waals surface area contributed by atoms with E-state index < -0.39 is 28.5 Å². The summed E-state index contributed by atoms with van der Waals surface area (Å²) in [5.74, 6) is -0.996. The Hall–Kier alpha value is -3.56. The first-order valence-electron chi connectivity index (χ1n) is 14.4. The summed E-state index contributed by atoms with van der Waals surface area (Å²) >= 11 is 19.3. The number of nitrogens with one attached hydrogen (secondary N) is 1. The first kappa shape index (κ1) is 34.3. The van der Waals surface area contributed by atoms with Crippen molar-refractivity contribution in [1.29, 1.82) is 0 Å². The lowest BCUT2D eigenvalue weighted by atomic mass is 10.0. The van der Waals surface area contributed by atoms with Gasteiger partial charge < -0.3 is 10.2 Å². The van der Waals surface area contributed by atoms with E-state index in [1.807, 2.05) is 44.2 Å². The molecule has 0 heterocycles. The molecule has 4 aromatic rings. The van der Waals surface area contributed by atoms with Gasteiger partial charge in [0.25, 0.3) is 10.0 Å². The Labute approximate surface area is 279 Å². The Kier molecular flexibility index (Phi) is 11.9. The smallest absolute Gasteiger partial charge is 0.264 e. The summed E-state index contributed by atoms with van der Waals surface area (Å²) < 4.78 is 29.3. The van der Waals surface area contributed by atoms with Gasteiger partial charge in [0.05, 0.1) is 15.6 Å². The third kappa shape index (κ3) is 8.79. The number of amides is 2. The highest BCUT2D eigenvalue weighted by molar-refractivity contribution is 7.92. The highest BCUT2D eigenvalue weighted by Gasteiger charge is 2.35. The van der Waals surface area contributed by atoms with Crippen LogP contribution >= 0.6 is 34.8 Å². The van der Waals surface area contributed by atoms with E-state index in [2.05, 4.69) is 5.32 Å². The van der Waals surface area contributed by atoms with Crippen LogP contribution in [0.5, 0.6) is 0 Å². The predicted molar refractivity (Wildman–Crippen MR) is 181 cm³/mol. The summed E-state index contributed by atoms with van der Waals surface area (Å²) in [6.45, 7) is 3.48. The molecule has 0 aliphatic carbocycles. The van der Waals surface area contributed by atoms with Gasteiger partial charge in [0.2, 0.25) is 11.8 Å². The topological polar surface area (TPSA) is 86.8 Å². The maximum Gasteiger partial charge on any atom is 0.264 e. The standard InChI is InChI=1S/C34H34Cl3N3O4S/c1-3-19-38-34(42)32(20-25-9-5-4-6-10-25)39(22-26-11-7-8-12-29(26)36)33(41)23-40(31-21-27(35)15-18-30(31)37)45(43,44)28-16-13-24(2)14-17-28/h4-18,21,32H,3,19-20,22-23H2,1-2H3,(H,38,42)/t32-/m0/s1. The van der Waals surface area contributed by atoms with Gasteiger partial charge in [-0.3, -0.25) is 13.9 Å². The number of rotatable bonds is 13. The summed E-state index contributed by atoms with van der Waals surface area (Å²) in [5.41, 5.74) is 2.33. The predicted octanol–water partition coefficient (Wildman–Crippen LogP) is 7.32. The van der Waals surface area contributed by atoms with Crippen LogP contribution in [-0.4, -0.2) is 44.3 Å². The van der Waals surface area contributed by atoms with Crippen molar-refractivity contribution >= 4 is 62.3 Å². The summed E-state index contributed by atoms with van der Waals surface area (Å²) in [7, 11) is -4.32. The number of hydrogen-bond donors (Lipinski definition) is 1. The SMILES string of the molecule is CCCNC(=O)[C@H](Cc1ccccc1)N(Cc1ccccc1Cl)C(=O)CN(c1cc(Cl)ccc1Cl)S(=O)(=O)c1ccc(C)cc1. The Morgan fingerprint density at radius 1 is 0.844 bits per heavy atom. The molecule has 4 aromatic carbocycles. The quantitative estimate of drug-likeness (QED) is 0.160. The molecule has 236 valence electrons. The van der Waals surface area contributed by atoms with Crippen LogP contribution in [0.1, 0.15) is 30.0 Å². The second kappa shape index (κ2) is 15.6. The van der Waals surface area contributed by atoms with Gasteiger partial charge in [-0.25, -0.2) is 8.42 Å². The Morgan fingerprint density at radius 3 is 2.18 bits per heavy atom. The van der Waals surface area contributed by atoms with Gasteiger partial charge in [-0.05, 0) is 60.9 Å². The minimum Gasteiger partial charge on any atom is -0.354 e. The van der Waals surface area contributed by atoms with Gasteiger partial charge >= 0.3 is 0 Å². The zero-order valence-corrected chi connectivity index (χ0v) is 28.0. The number of carbonyl (C=O) groups excluding carboxylic acids is 2. The van der Waals surface area contributed by atoms with Gasteiger partial charge in [-0.2, -0.15) is 0 Å². The lowest BCUT2D eigenvalue weighted by Crippen LogP contribution is -2.53. The number of sulfonamides is 1. The minimum atomic E-state index is -4.32. The summed E-state index contributed by atoms with van der Waals surface area (Å²) in [4.78, 5) is 29.6. The van der Waals surface area contributed by atoms with E-state index in [9.17, 15) is 18.0 Å². The first-order chi connectivity index (χ1) is 21.5. The number of carbonyl (C=O) groups is 2. The van der Waals surface area contributed by atoms with Crippen molar-refractivity contribution in [3.8, 4) is 0 Å². The van der Waals surface area contributed by atoms with Gasteiger partial charge in [0.1, 0.15) is 12.6 Å². The molecule has 0 spiro atoms. The van der Waals surface area contributed by atoms with Crippen LogP contribution in [0.4, 0.5) is 5.69 Å². The zero-order chi connectivity index (χ0) is 32.6. The molecule has 0 bridgehead atoms. The molecular weight excluding hydrogens is 653 g/mol. The van der Waals surface area contributed by atoms with Crippen LogP contribution < -0.4 is 9.62 Å². The van der Waals surface area contributed by atoms with Crippen LogP contribution in [0, 0.1) is 6.92 Å². The van der Waals surface area contributed by atoms with Crippen molar-refractivity contribution in [2.24, 2.45) is 0 Å². The number of anilines is 1. The zero-order valence-electron chi connectivity index (χ0n) is 24.9. The Morgan fingerprint density at radius 2 is 1.51 bits per heavy atom. The van der Waals surface area contributed by atoms with E-state index in [0.29, 0.717) is 23.6 Å². The number of halogens is 3. The lowest BCUT2D eigenvalue weighted by molar-refractivity contribution is -0.140. The minimum absolute atomic E-state index is 0.0314. The highest BCUT2D eigenvalue weighted by Crippen LogP contribution is 2.33. The van der Waals surface area contributed by atoms with Crippen molar-refractivity contribution in [3.05, 3.63) is 129 Å². The summed E-state index contributed by atoms with van der Waals surface area (Å²) in [5, 5.41) is 3.64. The maximum atomic E-state index is 14.5. The van der Waals surface area contributed by atoms with Crippen molar-refractivity contribution < 1.29 is 18.0 Å². The number of aryl methyl sites for hydroxylation is 1. The van der Waals surface area contributed by atoms with Crippen LogP contribution in [0.15, 0.2) is 102 Å². The molecule has 0 unspecified atom stereocenters. The third-order valence-electron chi connectivity index (χ3n) is 7.18. The fraction of sp³-hybridized carbons (Fsp3) is 0.235. The van der Waals surface area contributed by atoms with Crippen LogP contribution in [-0.2, 0) is 32.6 Å². The fourth-order valence-electron chi connectivity index (χ4n) is 4.76. The molecule has 0 fully saturated rings. The summed E-state index contributed by atoms with van der Waals surface area (Å²) in [6.07, 6.45) is 0.882. The third-order valence-corrected chi connectivity index (χ3v) is 9.88. The molecule has 7 nitrogen and oxygen atoms in total. The molecule has 0 radical (unpaired) electrons. The average molecular weight is 687 g/mol. The molecule has 0 aromatic heterocycles. The van der Waals surface area contributed by atoms with Crippen molar-refractivity contribution in [3.63, 3.8) is 0 Å². The van der Waals surface area contributed by atoms with Crippen molar-refractivity contribution in [1.82, 2.24) is 10.2 Å². The number of hydrogen-bond acceptors (Lipinski definition) is 4. The van der Waals surface area contributed by atoms with Crippen LogP contribution in [0.2, 0.25) is 15.1 Å². The second-order valence-corrected chi connectivity index (χ2v) is 13.6. The van der Waals surface area contributed by atoms with Crippen molar-refractivity contribution in [2.45, 2.75) is 44.2 Å². The molecule has 4 rings (SSSR count). The molecule has 2 amide bonds.